The summed E-state index contributed by atoms with van der Waals surface area (Å²) >= 11 is 0. The van der Waals surface area contributed by atoms with E-state index in [0.29, 0.717) is 0 Å². The fourth-order valence-corrected chi connectivity index (χ4v) is 3.35. The molecule has 23 heavy (non-hydrogen) atoms. The molecule has 0 atom stereocenters. The largest absolute Gasteiger partial charge is 0.339 e. The van der Waals surface area contributed by atoms with Gasteiger partial charge in [0.15, 0.2) is 0 Å². The topological polar surface area (TPSA) is 24.4 Å². The van der Waals surface area contributed by atoms with Gasteiger partial charge in [0.25, 0.3) is 0 Å². The molecule has 2 nitrogen and oxygen atoms in total. The van der Waals surface area contributed by atoms with Crippen molar-refractivity contribution in [3.63, 3.8) is 0 Å². The molecule has 1 aliphatic heterocycles. The van der Waals surface area contributed by atoms with Crippen LogP contribution in [0.4, 0.5) is 11.4 Å². The first kappa shape index (κ1) is 12.4. The maximum Gasteiger partial charge on any atom is 0.139 e. The molecule has 4 aromatic carbocycles. The van der Waals surface area contributed by atoms with E-state index < -0.39 is 0 Å². The van der Waals surface area contributed by atoms with Crippen LogP contribution in [-0.2, 0) is 0 Å². The van der Waals surface area contributed by atoms with E-state index >= 15 is 0 Å². The molecular weight excluding hydrogens is 280 g/mol. The van der Waals surface area contributed by atoms with Gasteiger partial charge < -0.3 is 5.32 Å². The first-order valence-corrected chi connectivity index (χ1v) is 7.76. The summed E-state index contributed by atoms with van der Waals surface area (Å²) in [5, 5.41) is 8.37. The van der Waals surface area contributed by atoms with Crippen LogP contribution in [0.15, 0.2) is 83.9 Å². The van der Waals surface area contributed by atoms with Crippen LogP contribution < -0.4 is 5.32 Å². The van der Waals surface area contributed by atoms with Crippen molar-refractivity contribution in [2.24, 2.45) is 4.99 Å². The van der Waals surface area contributed by atoms with Crippen molar-refractivity contribution in [1.29, 1.82) is 0 Å². The minimum atomic E-state index is 0.910. The lowest BCUT2D eigenvalue weighted by Gasteiger charge is -2.20. The Morgan fingerprint density at radius 3 is 2.35 bits per heavy atom. The lowest BCUT2D eigenvalue weighted by Crippen LogP contribution is -2.16. The molecule has 0 aliphatic carbocycles. The van der Waals surface area contributed by atoms with Crippen LogP contribution >= 0.6 is 0 Å². The summed E-state index contributed by atoms with van der Waals surface area (Å²) in [5.74, 6) is 0.910. The maximum atomic E-state index is 4.89. The summed E-state index contributed by atoms with van der Waals surface area (Å²) in [5.41, 5.74) is 3.28. The lowest BCUT2D eigenvalue weighted by atomic mass is 10.0. The van der Waals surface area contributed by atoms with Gasteiger partial charge in [0, 0.05) is 16.6 Å². The number of amidine groups is 1. The summed E-state index contributed by atoms with van der Waals surface area (Å²) in [6.45, 7) is 0. The summed E-state index contributed by atoms with van der Waals surface area (Å²) in [7, 11) is 0. The number of fused-ring (bicyclic) bond motifs is 1. The Morgan fingerprint density at radius 1 is 0.652 bits per heavy atom. The van der Waals surface area contributed by atoms with Crippen LogP contribution in [0.2, 0.25) is 0 Å². The second-order valence-electron chi connectivity index (χ2n) is 5.79. The molecule has 2 heteroatoms. The molecule has 1 aliphatic rings. The van der Waals surface area contributed by atoms with E-state index in [1.54, 1.807) is 0 Å². The van der Waals surface area contributed by atoms with Gasteiger partial charge in [0.05, 0.1) is 5.69 Å². The summed E-state index contributed by atoms with van der Waals surface area (Å²) in [4.78, 5) is 4.89. The number of hydrogen-bond donors (Lipinski definition) is 1. The van der Waals surface area contributed by atoms with Crippen LogP contribution in [0.1, 0.15) is 5.56 Å². The number of nitrogens with one attached hydrogen (secondary N) is 1. The Bertz CT molecular complexity index is 1080. The Hall–Kier alpha value is -3.13. The van der Waals surface area contributed by atoms with E-state index in [1.165, 1.54) is 21.5 Å². The van der Waals surface area contributed by atoms with Crippen molar-refractivity contribution >= 4 is 38.8 Å². The van der Waals surface area contributed by atoms with E-state index in [0.717, 1.165) is 22.8 Å². The molecule has 0 fully saturated rings. The van der Waals surface area contributed by atoms with Gasteiger partial charge >= 0.3 is 0 Å². The highest BCUT2D eigenvalue weighted by Crippen LogP contribution is 2.37. The molecule has 1 N–H and O–H groups in total. The Kier molecular flexibility index (Phi) is 2.53. The van der Waals surface area contributed by atoms with E-state index in [9.17, 15) is 0 Å². The van der Waals surface area contributed by atoms with Crippen molar-refractivity contribution in [2.45, 2.75) is 0 Å². The van der Waals surface area contributed by atoms with Gasteiger partial charge in [-0.2, -0.15) is 0 Å². The molecule has 0 amide bonds. The first-order chi connectivity index (χ1) is 11.4. The molecule has 1 heterocycles. The zero-order valence-electron chi connectivity index (χ0n) is 12.5. The summed E-state index contributed by atoms with van der Waals surface area (Å²) < 4.78 is 0. The number of nitrogens with zero attached hydrogens (tertiary/aromatic N) is 1. The first-order valence-electron chi connectivity index (χ1n) is 7.76. The van der Waals surface area contributed by atoms with Crippen LogP contribution in [0, 0.1) is 0 Å². The molecule has 0 radical (unpaired) electrons. The van der Waals surface area contributed by atoms with Crippen molar-refractivity contribution < 1.29 is 0 Å². The Balaban J connectivity index is 1.79. The standard InChI is InChI=1S/C21H14N2/c1-2-10-16-14(6-1)7-3-11-17(16)21-22-18-12-4-8-15-9-5-13-19(23-21)20(15)18/h1-13H,(H,22,23). The number of benzene rings is 4. The van der Waals surface area contributed by atoms with Gasteiger partial charge in [-0.15, -0.1) is 0 Å². The van der Waals surface area contributed by atoms with Gasteiger partial charge in [0.2, 0.25) is 0 Å². The van der Waals surface area contributed by atoms with Gasteiger partial charge in [-0.25, -0.2) is 4.99 Å². The second kappa shape index (κ2) is 4.68. The van der Waals surface area contributed by atoms with E-state index in [-0.39, 0.29) is 0 Å². The normalized spacial score (nSPS) is 13.0. The van der Waals surface area contributed by atoms with E-state index in [2.05, 4.69) is 84.2 Å². The van der Waals surface area contributed by atoms with Crippen molar-refractivity contribution in [2.75, 3.05) is 5.32 Å². The van der Waals surface area contributed by atoms with Gasteiger partial charge in [-0.3, -0.25) is 0 Å². The number of anilines is 1. The predicted octanol–water partition coefficient (Wildman–Crippen LogP) is 5.50. The van der Waals surface area contributed by atoms with E-state index in [4.69, 9.17) is 4.99 Å². The zero-order valence-corrected chi connectivity index (χ0v) is 12.5. The van der Waals surface area contributed by atoms with Crippen molar-refractivity contribution in [3.8, 4) is 0 Å². The van der Waals surface area contributed by atoms with Crippen molar-refractivity contribution in [1.82, 2.24) is 0 Å². The number of rotatable bonds is 1. The second-order valence-corrected chi connectivity index (χ2v) is 5.79. The number of aliphatic imine (C=N–C) groups is 1. The third kappa shape index (κ3) is 1.85. The third-order valence-electron chi connectivity index (χ3n) is 4.41. The fraction of sp³-hybridized carbons (Fsp3) is 0. The molecule has 0 saturated heterocycles. The van der Waals surface area contributed by atoms with Gasteiger partial charge in [0.1, 0.15) is 5.84 Å². The third-order valence-corrected chi connectivity index (χ3v) is 4.41. The molecular formula is C21H14N2. The molecule has 5 rings (SSSR count). The monoisotopic (exact) mass is 294 g/mol. The molecule has 0 unspecified atom stereocenters. The molecule has 0 aromatic heterocycles. The highest BCUT2D eigenvalue weighted by atomic mass is 15.0. The van der Waals surface area contributed by atoms with Gasteiger partial charge in [-0.1, -0.05) is 66.7 Å². The minimum Gasteiger partial charge on any atom is -0.339 e. The molecule has 108 valence electrons. The Labute approximate surface area is 134 Å². The van der Waals surface area contributed by atoms with Crippen LogP contribution in [0.5, 0.6) is 0 Å². The highest BCUT2D eigenvalue weighted by molar-refractivity contribution is 6.22. The molecule has 0 spiro atoms. The SMILES string of the molecule is c1ccc2c(C3=Nc4cccc5cccc(c45)N3)cccc2c1. The quantitative estimate of drug-likeness (QED) is 0.492. The van der Waals surface area contributed by atoms with Crippen molar-refractivity contribution in [3.05, 3.63) is 84.4 Å². The average Bonchev–Trinajstić information content (AvgIpc) is 2.61. The fourth-order valence-electron chi connectivity index (χ4n) is 3.35. The Morgan fingerprint density at radius 2 is 1.39 bits per heavy atom. The molecule has 4 aromatic rings. The predicted molar refractivity (Wildman–Crippen MR) is 97.7 cm³/mol. The highest BCUT2D eigenvalue weighted by Gasteiger charge is 2.16. The summed E-state index contributed by atoms with van der Waals surface area (Å²) in [6.07, 6.45) is 0. The zero-order chi connectivity index (χ0) is 15.2. The van der Waals surface area contributed by atoms with E-state index in [1.807, 2.05) is 0 Å². The summed E-state index contributed by atoms with van der Waals surface area (Å²) in [6, 6.07) is 27.4. The van der Waals surface area contributed by atoms with Gasteiger partial charge in [-0.05, 0) is 28.3 Å². The average molecular weight is 294 g/mol. The van der Waals surface area contributed by atoms with Crippen LogP contribution in [0.25, 0.3) is 21.5 Å². The van der Waals surface area contributed by atoms with Crippen LogP contribution in [0.3, 0.4) is 0 Å². The smallest absolute Gasteiger partial charge is 0.139 e. The van der Waals surface area contributed by atoms with Crippen LogP contribution in [-0.4, -0.2) is 5.84 Å². The molecule has 0 saturated carbocycles. The number of hydrogen-bond acceptors (Lipinski definition) is 2. The molecule has 0 bridgehead atoms. The minimum absolute atomic E-state index is 0.910. The maximum absolute atomic E-state index is 4.89. The lowest BCUT2D eigenvalue weighted by molar-refractivity contribution is 1.47.